The Morgan fingerprint density at radius 3 is 2.84 bits per heavy atom. The Bertz CT molecular complexity index is 538. The smallest absolute Gasteiger partial charge is 0.147 e. The summed E-state index contributed by atoms with van der Waals surface area (Å²) in [5.41, 5.74) is 2.25. The van der Waals surface area contributed by atoms with Crippen LogP contribution in [0.4, 0.5) is 5.82 Å². The summed E-state index contributed by atoms with van der Waals surface area (Å²) < 4.78 is 6.67. The highest BCUT2D eigenvalue weighted by atomic mass is 32.1. The summed E-state index contributed by atoms with van der Waals surface area (Å²) in [4.78, 5) is 8.73. The minimum Gasteiger partial charge on any atom is -0.380 e. The summed E-state index contributed by atoms with van der Waals surface area (Å²) in [6.45, 7) is 9.91. The van der Waals surface area contributed by atoms with E-state index in [0.717, 1.165) is 22.6 Å². The number of ether oxygens (including phenoxy) is 1. The zero-order valence-corrected chi connectivity index (χ0v) is 12.8. The van der Waals surface area contributed by atoms with Crippen LogP contribution in [0.25, 0.3) is 10.2 Å². The first-order valence-corrected chi connectivity index (χ1v) is 7.54. The number of nitrogens with zero attached hydrogens (tertiary/aromatic N) is 2. The van der Waals surface area contributed by atoms with Crippen LogP contribution < -0.4 is 5.32 Å². The molecule has 0 aliphatic carbocycles. The number of aromatic nitrogens is 2. The number of hydrogen-bond donors (Lipinski definition) is 1. The summed E-state index contributed by atoms with van der Waals surface area (Å²) in [6.07, 6.45) is 1.63. The molecule has 2 aromatic rings. The fourth-order valence-corrected chi connectivity index (χ4v) is 2.85. The molecule has 5 heteroatoms. The summed E-state index contributed by atoms with van der Waals surface area (Å²) in [5, 5.41) is 5.63. The van der Waals surface area contributed by atoms with Crippen LogP contribution in [0.1, 0.15) is 26.3 Å². The Morgan fingerprint density at radius 2 is 2.16 bits per heavy atom. The zero-order valence-electron chi connectivity index (χ0n) is 11.9. The van der Waals surface area contributed by atoms with Crippen molar-refractivity contribution in [1.82, 2.24) is 9.97 Å². The van der Waals surface area contributed by atoms with Gasteiger partial charge >= 0.3 is 0 Å². The van der Waals surface area contributed by atoms with Crippen LogP contribution in [-0.4, -0.2) is 29.2 Å². The summed E-state index contributed by atoms with van der Waals surface area (Å²) >= 11 is 1.69. The first-order valence-electron chi connectivity index (χ1n) is 6.66. The number of rotatable bonds is 6. The van der Waals surface area contributed by atoms with E-state index in [-0.39, 0.29) is 6.04 Å². The molecule has 4 nitrogen and oxygen atoms in total. The van der Waals surface area contributed by atoms with Crippen LogP contribution in [0.2, 0.25) is 0 Å². The van der Waals surface area contributed by atoms with Gasteiger partial charge in [0.05, 0.1) is 22.9 Å². The molecule has 1 unspecified atom stereocenters. The largest absolute Gasteiger partial charge is 0.380 e. The fourth-order valence-electron chi connectivity index (χ4n) is 1.89. The number of thiophene rings is 1. The molecule has 104 valence electrons. The Balaban J connectivity index is 2.23. The first kappa shape index (κ1) is 14.2. The van der Waals surface area contributed by atoms with Crippen molar-refractivity contribution in [3.63, 3.8) is 0 Å². The lowest BCUT2D eigenvalue weighted by molar-refractivity contribution is 0.126. The van der Waals surface area contributed by atoms with Crippen LogP contribution in [-0.2, 0) is 4.74 Å². The van der Waals surface area contributed by atoms with E-state index in [9.17, 15) is 0 Å². The molecule has 1 N–H and O–H groups in total. The predicted molar refractivity (Wildman–Crippen MR) is 80.9 cm³/mol. The van der Waals surface area contributed by atoms with E-state index in [1.807, 2.05) is 6.92 Å². The number of hydrogen-bond acceptors (Lipinski definition) is 5. The molecule has 0 aliphatic heterocycles. The van der Waals surface area contributed by atoms with Gasteiger partial charge in [-0.2, -0.15) is 0 Å². The summed E-state index contributed by atoms with van der Waals surface area (Å²) in [5.74, 6) is 1.40. The highest BCUT2D eigenvalue weighted by Crippen LogP contribution is 2.29. The van der Waals surface area contributed by atoms with Gasteiger partial charge in [0.25, 0.3) is 0 Å². The fraction of sp³-hybridized carbons (Fsp3) is 0.571. The van der Waals surface area contributed by atoms with Crippen molar-refractivity contribution < 1.29 is 4.74 Å². The third kappa shape index (κ3) is 3.22. The number of aryl methyl sites for hydroxylation is 1. The van der Waals surface area contributed by atoms with E-state index in [2.05, 4.69) is 41.4 Å². The van der Waals surface area contributed by atoms with Gasteiger partial charge in [0.2, 0.25) is 0 Å². The minimum atomic E-state index is 0.264. The van der Waals surface area contributed by atoms with Crippen molar-refractivity contribution in [2.45, 2.75) is 33.7 Å². The SMILES string of the molecule is CCOCC(Nc1ncnc2c(C)csc12)C(C)C. The molecular formula is C14H21N3OS. The predicted octanol–water partition coefficient (Wildman–Crippen LogP) is 3.47. The van der Waals surface area contributed by atoms with Gasteiger partial charge in [-0.1, -0.05) is 13.8 Å². The molecule has 0 radical (unpaired) electrons. The highest BCUT2D eigenvalue weighted by molar-refractivity contribution is 7.18. The molecule has 0 aliphatic rings. The lowest BCUT2D eigenvalue weighted by Gasteiger charge is -2.22. The van der Waals surface area contributed by atoms with Gasteiger partial charge in [0.15, 0.2) is 0 Å². The molecule has 0 amide bonds. The zero-order chi connectivity index (χ0) is 13.8. The van der Waals surface area contributed by atoms with E-state index >= 15 is 0 Å². The van der Waals surface area contributed by atoms with Crippen molar-refractivity contribution in [1.29, 1.82) is 0 Å². The number of anilines is 1. The van der Waals surface area contributed by atoms with E-state index in [1.165, 1.54) is 5.56 Å². The van der Waals surface area contributed by atoms with Gasteiger partial charge in [0.1, 0.15) is 12.1 Å². The summed E-state index contributed by atoms with van der Waals surface area (Å²) in [7, 11) is 0. The molecule has 19 heavy (non-hydrogen) atoms. The van der Waals surface area contributed by atoms with Crippen LogP contribution in [0, 0.1) is 12.8 Å². The maximum absolute atomic E-state index is 5.54. The highest BCUT2D eigenvalue weighted by Gasteiger charge is 2.16. The van der Waals surface area contributed by atoms with E-state index in [0.29, 0.717) is 12.5 Å². The molecule has 0 bridgehead atoms. The van der Waals surface area contributed by atoms with Crippen LogP contribution in [0.3, 0.4) is 0 Å². The lowest BCUT2D eigenvalue weighted by atomic mass is 10.1. The molecule has 2 rings (SSSR count). The molecule has 1 atom stereocenters. The number of fused-ring (bicyclic) bond motifs is 1. The normalized spacial score (nSPS) is 13.1. The van der Waals surface area contributed by atoms with Crippen molar-refractivity contribution in [2.75, 3.05) is 18.5 Å². The van der Waals surface area contributed by atoms with Gasteiger partial charge in [-0.15, -0.1) is 11.3 Å². The van der Waals surface area contributed by atoms with Crippen molar-refractivity contribution in [2.24, 2.45) is 5.92 Å². The topological polar surface area (TPSA) is 47.0 Å². The average molecular weight is 279 g/mol. The minimum absolute atomic E-state index is 0.264. The van der Waals surface area contributed by atoms with Crippen LogP contribution in [0.15, 0.2) is 11.7 Å². The van der Waals surface area contributed by atoms with Crippen LogP contribution in [0.5, 0.6) is 0 Å². The summed E-state index contributed by atoms with van der Waals surface area (Å²) in [6, 6.07) is 0.264. The molecule has 0 saturated heterocycles. The van der Waals surface area contributed by atoms with Gasteiger partial charge in [0, 0.05) is 6.61 Å². The first-order chi connectivity index (χ1) is 9.13. The molecule has 0 spiro atoms. The third-order valence-corrected chi connectivity index (χ3v) is 4.25. The van der Waals surface area contributed by atoms with Gasteiger partial charge < -0.3 is 10.1 Å². The molecule has 0 aromatic carbocycles. The second kappa shape index (κ2) is 6.30. The Morgan fingerprint density at radius 1 is 1.37 bits per heavy atom. The molecular weight excluding hydrogens is 258 g/mol. The van der Waals surface area contributed by atoms with Gasteiger partial charge in [-0.3, -0.25) is 0 Å². The Kier molecular flexibility index (Phi) is 4.71. The average Bonchev–Trinajstić information content (AvgIpc) is 2.77. The quantitative estimate of drug-likeness (QED) is 0.879. The van der Waals surface area contributed by atoms with E-state index < -0.39 is 0 Å². The number of nitrogens with one attached hydrogen (secondary N) is 1. The Labute approximate surface area is 118 Å². The van der Waals surface area contributed by atoms with Crippen LogP contribution >= 0.6 is 11.3 Å². The second-order valence-electron chi connectivity index (χ2n) is 4.97. The van der Waals surface area contributed by atoms with Gasteiger partial charge in [-0.05, 0) is 30.7 Å². The second-order valence-corrected chi connectivity index (χ2v) is 5.85. The molecule has 0 fully saturated rings. The van der Waals surface area contributed by atoms with Crippen molar-refractivity contribution >= 4 is 27.4 Å². The third-order valence-electron chi connectivity index (χ3n) is 3.16. The molecule has 2 heterocycles. The monoisotopic (exact) mass is 279 g/mol. The van der Waals surface area contributed by atoms with E-state index in [4.69, 9.17) is 4.74 Å². The van der Waals surface area contributed by atoms with Gasteiger partial charge in [-0.25, -0.2) is 9.97 Å². The molecule has 2 aromatic heterocycles. The van der Waals surface area contributed by atoms with E-state index in [1.54, 1.807) is 17.7 Å². The maximum Gasteiger partial charge on any atom is 0.147 e. The standard InChI is InChI=1S/C14H21N3OS/c1-5-18-6-11(9(2)3)17-14-13-12(15-8-16-14)10(4)7-19-13/h7-9,11H,5-6H2,1-4H3,(H,15,16,17). The molecule has 0 saturated carbocycles. The van der Waals surface area contributed by atoms with Crippen molar-refractivity contribution in [3.05, 3.63) is 17.3 Å². The lowest BCUT2D eigenvalue weighted by Crippen LogP contribution is -2.31. The Hall–Kier alpha value is -1.20. The van der Waals surface area contributed by atoms with Crippen molar-refractivity contribution in [3.8, 4) is 0 Å². The maximum atomic E-state index is 5.54.